The number of hydrogen-bond donors (Lipinski definition) is 2. The zero-order valence-corrected chi connectivity index (χ0v) is 6.56. The Labute approximate surface area is 68.8 Å². The fourth-order valence-electron chi connectivity index (χ4n) is 1.44. The van der Waals surface area contributed by atoms with Gasteiger partial charge in [0.05, 0.1) is 12.5 Å². The second-order valence-corrected chi connectivity index (χ2v) is 3.10. The lowest BCUT2D eigenvalue weighted by Gasteiger charge is -2.30. The van der Waals surface area contributed by atoms with E-state index in [1.54, 1.807) is 0 Å². The predicted molar refractivity (Wildman–Crippen MR) is 37.7 cm³/mol. The van der Waals surface area contributed by atoms with Crippen LogP contribution in [0.25, 0.3) is 0 Å². The molecule has 0 saturated carbocycles. The molecule has 1 aliphatic heterocycles. The molecule has 1 rings (SSSR count). The van der Waals surface area contributed by atoms with Gasteiger partial charge in [0.1, 0.15) is 0 Å². The van der Waals surface area contributed by atoms with Crippen molar-refractivity contribution in [3.8, 4) is 0 Å². The molecule has 0 spiro atoms. The largest absolute Gasteiger partial charge is 0.395 e. The Hall–Kier alpha value is -0.290. The van der Waals surface area contributed by atoms with E-state index in [0.29, 0.717) is 6.54 Å². The maximum absolute atomic E-state index is 12.1. The first kappa shape index (κ1) is 9.80. The number of nitrogens with one attached hydrogen (secondary N) is 1. The third-order valence-corrected chi connectivity index (χ3v) is 2.18. The molecule has 0 aromatic carbocycles. The lowest BCUT2D eigenvalue weighted by molar-refractivity contribution is -0.183. The Kier molecular flexibility index (Phi) is 2.95. The normalized spacial score (nSPS) is 32.0. The third-order valence-electron chi connectivity index (χ3n) is 2.18. The van der Waals surface area contributed by atoms with Crippen LogP contribution < -0.4 is 5.32 Å². The third kappa shape index (κ3) is 2.35. The number of aliphatic hydroxyl groups excluding tert-OH is 1. The Bertz CT molecular complexity index is 148. The standard InChI is InChI=1S/C7H12F3NO/c8-7(9,10)5-1-2-11-6(3-5)4-12/h5-6,11-12H,1-4H2/t5-,6+/m1/s1. The van der Waals surface area contributed by atoms with E-state index in [1.807, 2.05) is 0 Å². The minimum Gasteiger partial charge on any atom is -0.395 e. The SMILES string of the molecule is OC[C@@H]1C[C@H](C(F)(F)F)CCN1. The molecule has 0 aromatic rings. The first-order valence-electron chi connectivity index (χ1n) is 3.95. The molecule has 12 heavy (non-hydrogen) atoms. The lowest BCUT2D eigenvalue weighted by atomic mass is 9.92. The summed E-state index contributed by atoms with van der Waals surface area (Å²) >= 11 is 0. The highest BCUT2D eigenvalue weighted by Crippen LogP contribution is 2.33. The van der Waals surface area contributed by atoms with Crippen LogP contribution in [0.1, 0.15) is 12.8 Å². The molecule has 72 valence electrons. The van der Waals surface area contributed by atoms with Crippen molar-refractivity contribution in [1.29, 1.82) is 0 Å². The summed E-state index contributed by atoms with van der Waals surface area (Å²) < 4.78 is 36.4. The Morgan fingerprint density at radius 2 is 2.08 bits per heavy atom. The molecule has 0 aromatic heterocycles. The van der Waals surface area contributed by atoms with Crippen LogP contribution in [0.5, 0.6) is 0 Å². The van der Waals surface area contributed by atoms with Gasteiger partial charge >= 0.3 is 6.18 Å². The van der Waals surface area contributed by atoms with E-state index >= 15 is 0 Å². The zero-order chi connectivity index (χ0) is 9.19. The Balaban J connectivity index is 2.46. The summed E-state index contributed by atoms with van der Waals surface area (Å²) in [6.07, 6.45) is -3.98. The fourth-order valence-corrected chi connectivity index (χ4v) is 1.44. The number of hydrogen-bond acceptors (Lipinski definition) is 2. The molecule has 0 amide bonds. The van der Waals surface area contributed by atoms with Crippen molar-refractivity contribution in [2.24, 2.45) is 5.92 Å². The molecule has 1 saturated heterocycles. The molecule has 2 N–H and O–H groups in total. The van der Waals surface area contributed by atoms with E-state index in [-0.39, 0.29) is 25.5 Å². The molecule has 0 unspecified atom stereocenters. The van der Waals surface area contributed by atoms with Crippen molar-refractivity contribution >= 4 is 0 Å². The van der Waals surface area contributed by atoms with Gasteiger partial charge in [-0.1, -0.05) is 0 Å². The maximum atomic E-state index is 12.1. The van der Waals surface area contributed by atoms with Gasteiger partial charge in [-0.2, -0.15) is 13.2 Å². The second kappa shape index (κ2) is 3.62. The number of alkyl halides is 3. The van der Waals surface area contributed by atoms with E-state index in [9.17, 15) is 13.2 Å². The summed E-state index contributed by atoms with van der Waals surface area (Å²) in [5.41, 5.74) is 0. The van der Waals surface area contributed by atoms with Gasteiger partial charge in [0.15, 0.2) is 0 Å². The van der Waals surface area contributed by atoms with Gasteiger partial charge in [0, 0.05) is 6.04 Å². The first-order valence-corrected chi connectivity index (χ1v) is 3.95. The van der Waals surface area contributed by atoms with Crippen molar-refractivity contribution in [2.75, 3.05) is 13.2 Å². The van der Waals surface area contributed by atoms with Gasteiger partial charge in [0.2, 0.25) is 0 Å². The van der Waals surface area contributed by atoms with E-state index in [2.05, 4.69) is 5.32 Å². The summed E-state index contributed by atoms with van der Waals surface area (Å²) in [5, 5.41) is 11.5. The van der Waals surface area contributed by atoms with E-state index in [1.165, 1.54) is 0 Å². The molecule has 2 atom stereocenters. The summed E-state index contributed by atoms with van der Waals surface area (Å²) in [7, 11) is 0. The van der Waals surface area contributed by atoms with E-state index in [4.69, 9.17) is 5.11 Å². The molecule has 2 nitrogen and oxygen atoms in total. The summed E-state index contributed by atoms with van der Waals surface area (Å²) in [6.45, 7) is 0.127. The molecular formula is C7H12F3NO. The van der Waals surface area contributed by atoms with Crippen molar-refractivity contribution in [2.45, 2.75) is 25.1 Å². The Morgan fingerprint density at radius 1 is 1.42 bits per heavy atom. The van der Waals surface area contributed by atoms with Crippen molar-refractivity contribution in [3.63, 3.8) is 0 Å². The van der Waals surface area contributed by atoms with Crippen LogP contribution in [-0.4, -0.2) is 30.5 Å². The molecule has 0 radical (unpaired) electrons. The second-order valence-electron chi connectivity index (χ2n) is 3.10. The summed E-state index contributed by atoms with van der Waals surface area (Å²) in [5.74, 6) is -1.24. The van der Waals surface area contributed by atoms with Crippen LogP contribution in [0.3, 0.4) is 0 Å². The van der Waals surface area contributed by atoms with Crippen LogP contribution >= 0.6 is 0 Å². The summed E-state index contributed by atoms with van der Waals surface area (Å²) in [6, 6.07) is -0.384. The first-order chi connectivity index (χ1) is 5.54. The number of rotatable bonds is 1. The van der Waals surface area contributed by atoms with Crippen LogP contribution in [0.2, 0.25) is 0 Å². The zero-order valence-electron chi connectivity index (χ0n) is 6.56. The van der Waals surface area contributed by atoms with Crippen LogP contribution in [0.15, 0.2) is 0 Å². The van der Waals surface area contributed by atoms with Gasteiger partial charge in [0.25, 0.3) is 0 Å². The van der Waals surface area contributed by atoms with Gasteiger partial charge in [-0.3, -0.25) is 0 Å². The molecule has 0 aliphatic carbocycles. The highest BCUT2D eigenvalue weighted by atomic mass is 19.4. The van der Waals surface area contributed by atoms with Gasteiger partial charge < -0.3 is 10.4 Å². The predicted octanol–water partition coefficient (Wildman–Crippen LogP) is 0.909. The average Bonchev–Trinajstić information content (AvgIpc) is 2.03. The number of aliphatic hydroxyl groups is 1. The Morgan fingerprint density at radius 3 is 2.58 bits per heavy atom. The molecule has 0 bridgehead atoms. The minimum atomic E-state index is -4.10. The highest BCUT2D eigenvalue weighted by molar-refractivity contribution is 4.81. The van der Waals surface area contributed by atoms with E-state index in [0.717, 1.165) is 0 Å². The average molecular weight is 183 g/mol. The maximum Gasteiger partial charge on any atom is 0.391 e. The minimum absolute atomic E-state index is 0. The lowest BCUT2D eigenvalue weighted by Crippen LogP contribution is -2.44. The molecular weight excluding hydrogens is 171 g/mol. The van der Waals surface area contributed by atoms with Crippen LogP contribution in [0, 0.1) is 5.92 Å². The van der Waals surface area contributed by atoms with Crippen molar-refractivity contribution in [3.05, 3.63) is 0 Å². The van der Waals surface area contributed by atoms with Gasteiger partial charge in [-0.15, -0.1) is 0 Å². The molecule has 1 heterocycles. The van der Waals surface area contributed by atoms with Crippen LogP contribution in [0.4, 0.5) is 13.2 Å². The summed E-state index contributed by atoms with van der Waals surface area (Å²) in [4.78, 5) is 0. The number of halogens is 3. The van der Waals surface area contributed by atoms with Gasteiger partial charge in [-0.25, -0.2) is 0 Å². The monoisotopic (exact) mass is 183 g/mol. The quantitative estimate of drug-likeness (QED) is 0.633. The molecule has 1 aliphatic rings. The number of piperidine rings is 1. The fraction of sp³-hybridized carbons (Fsp3) is 1.00. The molecule has 5 heteroatoms. The molecule has 1 fully saturated rings. The highest BCUT2D eigenvalue weighted by Gasteiger charge is 2.41. The topological polar surface area (TPSA) is 32.3 Å². The van der Waals surface area contributed by atoms with Crippen molar-refractivity contribution in [1.82, 2.24) is 5.32 Å². The van der Waals surface area contributed by atoms with Crippen LogP contribution in [-0.2, 0) is 0 Å². The van der Waals surface area contributed by atoms with Gasteiger partial charge in [-0.05, 0) is 19.4 Å². The smallest absolute Gasteiger partial charge is 0.391 e. The van der Waals surface area contributed by atoms with E-state index < -0.39 is 12.1 Å². The van der Waals surface area contributed by atoms with Crippen molar-refractivity contribution < 1.29 is 18.3 Å².